The Bertz CT molecular complexity index is 2710. The molecule has 0 bridgehead atoms. The molecular weight excluding hydrogens is 591 g/mol. The van der Waals surface area contributed by atoms with E-state index >= 15 is 0 Å². The summed E-state index contributed by atoms with van der Waals surface area (Å²) in [4.78, 5) is 10.5. The summed E-state index contributed by atoms with van der Waals surface area (Å²) < 4.78 is 4.78. The fraction of sp³-hybridized carbons (Fsp3) is 0.0698. The van der Waals surface area contributed by atoms with E-state index < -0.39 is 0 Å². The number of hydrogen-bond acceptors (Lipinski definition) is 3. The molecule has 0 aliphatic heterocycles. The third-order valence-corrected chi connectivity index (χ3v) is 11.2. The van der Waals surface area contributed by atoms with E-state index in [9.17, 15) is 0 Å². The first kappa shape index (κ1) is 26.6. The number of fused-ring (bicyclic) bond motifs is 9. The van der Waals surface area contributed by atoms with E-state index in [0.29, 0.717) is 0 Å². The lowest BCUT2D eigenvalue weighted by Crippen LogP contribution is -2.14. The first-order chi connectivity index (χ1) is 23.1. The molecule has 222 valence electrons. The van der Waals surface area contributed by atoms with Gasteiger partial charge in [-0.1, -0.05) is 123 Å². The lowest BCUT2D eigenvalue weighted by Gasteiger charge is -2.21. The van der Waals surface area contributed by atoms with Gasteiger partial charge in [0.2, 0.25) is 0 Å². The van der Waals surface area contributed by atoms with Gasteiger partial charge in [0.15, 0.2) is 5.82 Å². The molecule has 4 heteroatoms. The molecule has 3 aromatic heterocycles. The lowest BCUT2D eigenvalue weighted by molar-refractivity contribution is 0.661. The third kappa shape index (κ3) is 3.73. The highest BCUT2D eigenvalue weighted by molar-refractivity contribution is 7.26. The van der Waals surface area contributed by atoms with Crippen molar-refractivity contribution in [3.05, 3.63) is 151 Å². The van der Waals surface area contributed by atoms with Gasteiger partial charge < -0.3 is 4.57 Å². The summed E-state index contributed by atoms with van der Waals surface area (Å²) >= 11 is 1.77. The molecule has 0 saturated heterocycles. The second-order valence-corrected chi connectivity index (χ2v) is 14.0. The molecular formula is C43H29N3S. The Hall–Kier alpha value is -5.58. The van der Waals surface area contributed by atoms with E-state index in [1.165, 1.54) is 54.1 Å². The molecule has 0 unspecified atom stereocenters. The zero-order valence-corrected chi connectivity index (χ0v) is 26.8. The van der Waals surface area contributed by atoms with Crippen molar-refractivity contribution in [3.63, 3.8) is 0 Å². The summed E-state index contributed by atoms with van der Waals surface area (Å²) in [5.41, 5.74) is 12.9. The Morgan fingerprint density at radius 2 is 1.26 bits per heavy atom. The van der Waals surface area contributed by atoms with Gasteiger partial charge >= 0.3 is 0 Å². The minimum Gasteiger partial charge on any atom is -0.309 e. The van der Waals surface area contributed by atoms with Gasteiger partial charge in [0.1, 0.15) is 0 Å². The van der Waals surface area contributed by atoms with Gasteiger partial charge in [0, 0.05) is 37.4 Å². The van der Waals surface area contributed by atoms with Crippen LogP contribution < -0.4 is 0 Å². The maximum Gasteiger partial charge on any atom is 0.160 e. The van der Waals surface area contributed by atoms with Crippen molar-refractivity contribution in [2.75, 3.05) is 0 Å². The van der Waals surface area contributed by atoms with Crippen LogP contribution in [0, 0.1) is 0 Å². The standard InChI is InChI=1S/C43H29N3S/c1-43(2)33-20-10-6-16-27(33)31-25-37-32(24-34(31)43)28-17-7-11-21-35(28)46(37)36-22-12-8-18-29(36)39-41-40(30-19-9-13-23-38(30)47-41)45-42(44-39)26-14-4-3-5-15-26/h3-25H,1-2H3. The molecule has 0 spiro atoms. The number of para-hydroxylation sites is 2. The van der Waals surface area contributed by atoms with Crippen molar-refractivity contribution in [2.24, 2.45) is 0 Å². The van der Waals surface area contributed by atoms with Crippen molar-refractivity contribution in [3.8, 4) is 39.5 Å². The second kappa shape index (κ2) is 9.71. The van der Waals surface area contributed by atoms with E-state index in [4.69, 9.17) is 9.97 Å². The van der Waals surface area contributed by atoms with Gasteiger partial charge in [-0.05, 0) is 52.6 Å². The largest absolute Gasteiger partial charge is 0.309 e. The zero-order valence-electron chi connectivity index (χ0n) is 26.0. The molecule has 1 aliphatic carbocycles. The van der Waals surface area contributed by atoms with E-state index in [0.717, 1.165) is 38.5 Å². The van der Waals surface area contributed by atoms with Crippen LogP contribution in [0.15, 0.2) is 140 Å². The molecule has 0 saturated carbocycles. The Morgan fingerprint density at radius 1 is 0.553 bits per heavy atom. The fourth-order valence-corrected chi connectivity index (χ4v) is 8.93. The second-order valence-electron chi connectivity index (χ2n) is 13.0. The fourth-order valence-electron chi connectivity index (χ4n) is 7.78. The average molecular weight is 620 g/mol. The molecule has 47 heavy (non-hydrogen) atoms. The highest BCUT2D eigenvalue weighted by atomic mass is 32.1. The predicted octanol–water partition coefficient (Wildman–Crippen LogP) is 11.6. The summed E-state index contributed by atoms with van der Waals surface area (Å²) in [6.07, 6.45) is 0. The monoisotopic (exact) mass is 619 g/mol. The predicted molar refractivity (Wildman–Crippen MR) is 198 cm³/mol. The number of benzene rings is 6. The summed E-state index contributed by atoms with van der Waals surface area (Å²) in [6, 6.07) is 50.2. The van der Waals surface area contributed by atoms with Crippen molar-refractivity contribution in [1.82, 2.24) is 14.5 Å². The first-order valence-corrected chi connectivity index (χ1v) is 16.9. The van der Waals surface area contributed by atoms with Crippen LogP contribution in [0.2, 0.25) is 0 Å². The minimum atomic E-state index is -0.0667. The quantitative estimate of drug-likeness (QED) is 0.197. The number of aromatic nitrogens is 3. The highest BCUT2D eigenvalue weighted by Gasteiger charge is 2.36. The molecule has 1 aliphatic rings. The van der Waals surface area contributed by atoms with Crippen molar-refractivity contribution in [1.29, 1.82) is 0 Å². The van der Waals surface area contributed by atoms with Crippen molar-refractivity contribution in [2.45, 2.75) is 19.3 Å². The number of nitrogens with zero attached hydrogens (tertiary/aromatic N) is 3. The van der Waals surface area contributed by atoms with Crippen LogP contribution >= 0.6 is 11.3 Å². The van der Waals surface area contributed by atoms with Gasteiger partial charge in [0.25, 0.3) is 0 Å². The van der Waals surface area contributed by atoms with Crippen LogP contribution in [0.5, 0.6) is 0 Å². The number of hydrogen-bond donors (Lipinski definition) is 0. The first-order valence-electron chi connectivity index (χ1n) is 16.1. The van der Waals surface area contributed by atoms with Gasteiger partial charge in [-0.15, -0.1) is 11.3 Å². The maximum atomic E-state index is 5.36. The van der Waals surface area contributed by atoms with E-state index in [2.05, 4.69) is 152 Å². The average Bonchev–Trinajstić information content (AvgIpc) is 3.73. The van der Waals surface area contributed by atoms with E-state index in [1.807, 2.05) is 6.07 Å². The van der Waals surface area contributed by atoms with Gasteiger partial charge in [-0.25, -0.2) is 9.97 Å². The smallest absolute Gasteiger partial charge is 0.160 e. The van der Waals surface area contributed by atoms with Gasteiger partial charge in [-0.3, -0.25) is 0 Å². The van der Waals surface area contributed by atoms with Gasteiger partial charge in [-0.2, -0.15) is 0 Å². The van der Waals surface area contributed by atoms with Crippen molar-refractivity contribution < 1.29 is 0 Å². The molecule has 6 aromatic carbocycles. The maximum absolute atomic E-state index is 5.36. The molecule has 0 N–H and O–H groups in total. The van der Waals surface area contributed by atoms with Crippen molar-refractivity contribution >= 4 is 53.4 Å². The van der Waals surface area contributed by atoms with Crippen LogP contribution in [0.25, 0.3) is 81.6 Å². The zero-order chi connectivity index (χ0) is 31.3. The molecule has 10 rings (SSSR count). The van der Waals surface area contributed by atoms with Crippen LogP contribution in [0.4, 0.5) is 0 Å². The summed E-state index contributed by atoms with van der Waals surface area (Å²) in [7, 11) is 0. The topological polar surface area (TPSA) is 30.7 Å². The number of rotatable bonds is 3. The summed E-state index contributed by atoms with van der Waals surface area (Å²) in [5, 5.41) is 3.70. The Balaban J connectivity index is 1.31. The lowest BCUT2D eigenvalue weighted by atomic mass is 9.82. The molecule has 9 aromatic rings. The Labute approximate surface area is 276 Å². The third-order valence-electron chi connectivity index (χ3n) is 10.0. The van der Waals surface area contributed by atoms with E-state index in [1.54, 1.807) is 11.3 Å². The molecule has 0 fully saturated rings. The van der Waals surface area contributed by atoms with Crippen LogP contribution in [0.1, 0.15) is 25.0 Å². The highest BCUT2D eigenvalue weighted by Crippen LogP contribution is 2.51. The van der Waals surface area contributed by atoms with Gasteiger partial charge in [0.05, 0.1) is 32.6 Å². The SMILES string of the molecule is CC1(C)c2ccccc2-c2cc3c(cc21)c1ccccc1n3-c1ccccc1-c1nc(-c2ccccc2)nc2c1sc1ccccc12. The molecule has 0 amide bonds. The summed E-state index contributed by atoms with van der Waals surface area (Å²) in [6.45, 7) is 4.71. The normalized spacial score (nSPS) is 13.5. The Morgan fingerprint density at radius 3 is 2.13 bits per heavy atom. The molecule has 0 radical (unpaired) electrons. The van der Waals surface area contributed by atoms with E-state index in [-0.39, 0.29) is 5.41 Å². The molecule has 3 heterocycles. The van der Waals surface area contributed by atoms with Crippen LogP contribution in [0.3, 0.4) is 0 Å². The summed E-state index contributed by atoms with van der Waals surface area (Å²) in [5.74, 6) is 0.741. The molecule has 3 nitrogen and oxygen atoms in total. The van der Waals surface area contributed by atoms with Crippen LogP contribution in [-0.2, 0) is 5.41 Å². The minimum absolute atomic E-state index is 0.0667. The number of thiophene rings is 1. The molecule has 0 atom stereocenters. The van der Waals surface area contributed by atoms with Crippen LogP contribution in [-0.4, -0.2) is 14.5 Å². The Kier molecular flexibility index (Phi) is 5.50.